The maximum absolute atomic E-state index is 12.5. The van der Waals surface area contributed by atoms with Gasteiger partial charge in [-0.2, -0.15) is 0 Å². The number of anilines is 1. The number of benzene rings is 1. The first kappa shape index (κ1) is 21.3. The van der Waals surface area contributed by atoms with Gasteiger partial charge in [-0.25, -0.2) is 17.9 Å². The number of unbranched alkanes of at least 4 members (excludes halogenated alkanes) is 3. The number of rotatable bonds is 11. The summed E-state index contributed by atoms with van der Waals surface area (Å²) >= 11 is 6.14. The molecule has 0 fully saturated rings. The smallest absolute Gasteiger partial charge is 0.337 e. The molecule has 0 saturated heterocycles. The number of carboxylic acids is 1. The second-order valence-corrected chi connectivity index (χ2v) is 8.17. The molecule has 1 aromatic carbocycles. The molecule has 0 amide bonds. The maximum atomic E-state index is 12.5. The zero-order chi connectivity index (χ0) is 19.9. The Hall–Kier alpha value is -2.03. The Morgan fingerprint density at radius 2 is 2.04 bits per heavy atom. The maximum Gasteiger partial charge on any atom is 0.337 e. The molecule has 0 aliphatic rings. The Morgan fingerprint density at radius 1 is 1.26 bits per heavy atom. The summed E-state index contributed by atoms with van der Waals surface area (Å²) in [5.74, 6) is -0.652. The zero-order valence-electron chi connectivity index (χ0n) is 15.0. The lowest BCUT2D eigenvalue weighted by atomic mass is 10.1. The average Bonchev–Trinajstić information content (AvgIpc) is 3.12. The molecular weight excluding hydrogens is 392 g/mol. The lowest BCUT2D eigenvalue weighted by Gasteiger charge is -2.13. The van der Waals surface area contributed by atoms with E-state index in [1.54, 1.807) is 12.1 Å². The fraction of sp³-hybridized carbons (Fsp3) is 0.389. The number of nitrogens with one attached hydrogen (secondary N) is 2. The molecule has 2 rings (SSSR count). The highest BCUT2D eigenvalue weighted by molar-refractivity contribution is 7.89. The van der Waals surface area contributed by atoms with E-state index in [2.05, 4.69) is 17.0 Å². The van der Waals surface area contributed by atoms with Gasteiger partial charge in [-0.15, -0.1) is 0 Å². The van der Waals surface area contributed by atoms with Crippen LogP contribution in [0, 0.1) is 0 Å². The highest BCUT2D eigenvalue weighted by atomic mass is 35.5. The Bertz CT molecular complexity index is 866. The van der Waals surface area contributed by atoms with Crippen molar-refractivity contribution in [2.45, 2.75) is 44.0 Å². The highest BCUT2D eigenvalue weighted by Crippen LogP contribution is 2.29. The Balaban J connectivity index is 2.19. The summed E-state index contributed by atoms with van der Waals surface area (Å²) in [4.78, 5) is 11.3. The molecule has 0 saturated carbocycles. The van der Waals surface area contributed by atoms with Gasteiger partial charge in [0.05, 0.1) is 29.1 Å². The number of furan rings is 1. The van der Waals surface area contributed by atoms with Gasteiger partial charge in [0, 0.05) is 6.54 Å². The second-order valence-electron chi connectivity index (χ2n) is 6.02. The summed E-state index contributed by atoms with van der Waals surface area (Å²) in [5, 5.41) is 12.3. The van der Waals surface area contributed by atoms with E-state index in [1.165, 1.54) is 12.3 Å². The van der Waals surface area contributed by atoms with E-state index in [-0.39, 0.29) is 34.3 Å². The lowest BCUT2D eigenvalue weighted by Crippen LogP contribution is -2.25. The monoisotopic (exact) mass is 414 g/mol. The lowest BCUT2D eigenvalue weighted by molar-refractivity contribution is 0.0697. The summed E-state index contributed by atoms with van der Waals surface area (Å²) in [6.45, 7) is 2.59. The SMILES string of the molecule is CCCCCCNS(=O)(=O)c1cc(C(=O)O)c(NCc2ccco2)cc1Cl. The molecule has 3 N–H and O–H groups in total. The van der Waals surface area contributed by atoms with E-state index >= 15 is 0 Å². The summed E-state index contributed by atoms with van der Waals surface area (Å²) in [6.07, 6.45) is 5.21. The van der Waals surface area contributed by atoms with Crippen LogP contribution in [-0.2, 0) is 16.6 Å². The van der Waals surface area contributed by atoms with Gasteiger partial charge in [-0.3, -0.25) is 0 Å². The third-order valence-electron chi connectivity index (χ3n) is 3.95. The first-order valence-electron chi connectivity index (χ1n) is 8.68. The minimum atomic E-state index is -3.90. The van der Waals surface area contributed by atoms with E-state index in [0.717, 1.165) is 25.3 Å². The number of sulfonamides is 1. The molecule has 9 heteroatoms. The van der Waals surface area contributed by atoms with Gasteiger partial charge in [0.25, 0.3) is 0 Å². The Morgan fingerprint density at radius 3 is 2.67 bits per heavy atom. The Kier molecular flexibility index (Phi) is 7.70. The molecule has 0 spiro atoms. The molecule has 0 aliphatic heterocycles. The number of carboxylic acid groups (broad SMARTS) is 1. The molecule has 0 radical (unpaired) electrons. The largest absolute Gasteiger partial charge is 0.478 e. The molecule has 0 atom stereocenters. The van der Waals surface area contributed by atoms with Crippen LogP contribution in [0.4, 0.5) is 5.69 Å². The van der Waals surface area contributed by atoms with Crippen molar-refractivity contribution in [3.63, 3.8) is 0 Å². The normalized spacial score (nSPS) is 11.5. The number of carbonyl (C=O) groups is 1. The van der Waals surface area contributed by atoms with Gasteiger partial charge in [0.2, 0.25) is 10.0 Å². The molecule has 1 heterocycles. The van der Waals surface area contributed by atoms with Crippen LogP contribution in [0.5, 0.6) is 0 Å². The molecule has 148 valence electrons. The van der Waals surface area contributed by atoms with Gasteiger partial charge in [0.1, 0.15) is 10.7 Å². The van der Waals surface area contributed by atoms with Crippen LogP contribution >= 0.6 is 11.6 Å². The minimum Gasteiger partial charge on any atom is -0.478 e. The minimum absolute atomic E-state index is 0.0528. The molecule has 2 aromatic rings. The van der Waals surface area contributed by atoms with Gasteiger partial charge in [0.15, 0.2) is 0 Å². The summed E-state index contributed by atoms with van der Waals surface area (Å²) in [7, 11) is -3.90. The predicted octanol–water partition coefficient (Wildman–Crippen LogP) is 4.10. The van der Waals surface area contributed by atoms with Crippen LogP contribution in [-0.4, -0.2) is 26.0 Å². The van der Waals surface area contributed by atoms with Crippen molar-refractivity contribution in [2.24, 2.45) is 0 Å². The van der Waals surface area contributed by atoms with Crippen molar-refractivity contribution in [1.29, 1.82) is 0 Å². The van der Waals surface area contributed by atoms with Crippen molar-refractivity contribution in [3.05, 3.63) is 46.9 Å². The first-order valence-corrected chi connectivity index (χ1v) is 10.5. The predicted molar refractivity (Wildman–Crippen MR) is 104 cm³/mol. The van der Waals surface area contributed by atoms with E-state index in [0.29, 0.717) is 12.2 Å². The average molecular weight is 415 g/mol. The third kappa shape index (κ3) is 5.98. The molecule has 1 aromatic heterocycles. The van der Waals surface area contributed by atoms with Crippen molar-refractivity contribution in [1.82, 2.24) is 4.72 Å². The summed E-state index contributed by atoms with van der Waals surface area (Å²) in [6, 6.07) is 5.82. The quantitative estimate of drug-likeness (QED) is 0.477. The third-order valence-corrected chi connectivity index (χ3v) is 5.87. The van der Waals surface area contributed by atoms with Crippen LogP contribution in [0.2, 0.25) is 5.02 Å². The molecule has 0 unspecified atom stereocenters. The van der Waals surface area contributed by atoms with Crippen LogP contribution < -0.4 is 10.0 Å². The number of hydrogen-bond donors (Lipinski definition) is 3. The topological polar surface area (TPSA) is 109 Å². The molecule has 27 heavy (non-hydrogen) atoms. The van der Waals surface area contributed by atoms with Gasteiger partial charge in [-0.1, -0.05) is 37.8 Å². The van der Waals surface area contributed by atoms with E-state index < -0.39 is 16.0 Å². The van der Waals surface area contributed by atoms with Crippen molar-refractivity contribution in [2.75, 3.05) is 11.9 Å². The number of halogens is 1. The molecule has 0 bridgehead atoms. The summed E-state index contributed by atoms with van der Waals surface area (Å²) in [5.41, 5.74) is 0.0307. The van der Waals surface area contributed by atoms with E-state index in [9.17, 15) is 18.3 Å². The first-order chi connectivity index (χ1) is 12.8. The summed E-state index contributed by atoms with van der Waals surface area (Å²) < 4.78 is 32.6. The Labute approximate surface area is 163 Å². The van der Waals surface area contributed by atoms with Crippen LogP contribution in [0.3, 0.4) is 0 Å². The van der Waals surface area contributed by atoms with Gasteiger partial charge in [-0.05, 0) is 30.7 Å². The fourth-order valence-corrected chi connectivity index (χ4v) is 4.14. The highest BCUT2D eigenvalue weighted by Gasteiger charge is 2.22. The standard InChI is InChI=1S/C18H23ClN2O5S/c1-2-3-4-5-8-21-27(24,25)17-10-14(18(22)23)16(11-15(17)19)20-12-13-7-6-9-26-13/h6-7,9-11,20-21H,2-5,8,12H2,1H3,(H,22,23). The van der Waals surface area contributed by atoms with Crippen molar-refractivity contribution in [3.8, 4) is 0 Å². The molecule has 7 nitrogen and oxygen atoms in total. The van der Waals surface area contributed by atoms with E-state index in [4.69, 9.17) is 16.0 Å². The second kappa shape index (κ2) is 9.77. The zero-order valence-corrected chi connectivity index (χ0v) is 16.6. The van der Waals surface area contributed by atoms with Crippen molar-refractivity contribution >= 4 is 33.3 Å². The van der Waals surface area contributed by atoms with Crippen LogP contribution in [0.1, 0.15) is 48.7 Å². The molecule has 0 aliphatic carbocycles. The molecular formula is C18H23ClN2O5S. The van der Waals surface area contributed by atoms with E-state index in [1.807, 2.05) is 0 Å². The number of aromatic carboxylic acids is 1. The van der Waals surface area contributed by atoms with Crippen LogP contribution in [0.25, 0.3) is 0 Å². The van der Waals surface area contributed by atoms with Gasteiger partial charge < -0.3 is 14.8 Å². The number of hydrogen-bond acceptors (Lipinski definition) is 5. The van der Waals surface area contributed by atoms with Gasteiger partial charge >= 0.3 is 5.97 Å². The fourth-order valence-electron chi connectivity index (χ4n) is 2.51. The van der Waals surface area contributed by atoms with Crippen LogP contribution in [0.15, 0.2) is 39.8 Å². The van der Waals surface area contributed by atoms with Crippen molar-refractivity contribution < 1.29 is 22.7 Å².